The standard InChI is InChI=1S/C9H13N5/c1-10-8-7-9(12-13(8)2)14-5-3-11-4-6-14/h7,11H,3-6H2,2H3. The van der Waals surface area contributed by atoms with Crippen LogP contribution in [0.2, 0.25) is 0 Å². The molecule has 0 atom stereocenters. The number of nitrogens with zero attached hydrogens (tertiary/aromatic N) is 4. The molecule has 5 nitrogen and oxygen atoms in total. The molecule has 74 valence electrons. The van der Waals surface area contributed by atoms with Crippen LogP contribution in [0.15, 0.2) is 6.07 Å². The van der Waals surface area contributed by atoms with Crippen LogP contribution in [0.1, 0.15) is 0 Å². The van der Waals surface area contributed by atoms with E-state index in [1.807, 2.05) is 6.07 Å². The Bertz CT molecular complexity index is 356. The van der Waals surface area contributed by atoms with Gasteiger partial charge in [-0.3, -0.25) is 0 Å². The van der Waals surface area contributed by atoms with Crippen molar-refractivity contribution in [3.8, 4) is 0 Å². The molecule has 1 N–H and O–H groups in total. The van der Waals surface area contributed by atoms with Crippen molar-refractivity contribution in [1.82, 2.24) is 15.1 Å². The summed E-state index contributed by atoms with van der Waals surface area (Å²) in [6.45, 7) is 10.9. The first-order valence-corrected chi connectivity index (χ1v) is 4.68. The largest absolute Gasteiger partial charge is 0.362 e. The third-order valence-corrected chi connectivity index (χ3v) is 2.40. The fourth-order valence-electron chi connectivity index (χ4n) is 1.60. The lowest BCUT2D eigenvalue weighted by atomic mass is 10.3. The highest BCUT2D eigenvalue weighted by Crippen LogP contribution is 2.20. The maximum atomic E-state index is 6.95. The van der Waals surface area contributed by atoms with Gasteiger partial charge in [-0.1, -0.05) is 11.7 Å². The molecule has 1 aliphatic heterocycles. The highest BCUT2D eigenvalue weighted by molar-refractivity contribution is 5.51. The van der Waals surface area contributed by atoms with Gasteiger partial charge in [0.25, 0.3) is 5.82 Å². The lowest BCUT2D eigenvalue weighted by Crippen LogP contribution is -2.43. The van der Waals surface area contributed by atoms with E-state index >= 15 is 0 Å². The van der Waals surface area contributed by atoms with Crippen LogP contribution in [0.3, 0.4) is 0 Å². The summed E-state index contributed by atoms with van der Waals surface area (Å²) < 4.78 is 1.63. The summed E-state index contributed by atoms with van der Waals surface area (Å²) in [4.78, 5) is 5.59. The Hall–Kier alpha value is -1.54. The first kappa shape index (κ1) is 9.03. The topological polar surface area (TPSA) is 37.4 Å². The van der Waals surface area contributed by atoms with E-state index in [4.69, 9.17) is 6.57 Å². The van der Waals surface area contributed by atoms with Gasteiger partial charge >= 0.3 is 0 Å². The SMILES string of the molecule is [C-]#[N+]c1cc(N2CCNCC2)nn1C. The molecular weight excluding hydrogens is 178 g/mol. The molecule has 0 saturated carbocycles. The van der Waals surface area contributed by atoms with Gasteiger partial charge in [-0.05, 0) is 0 Å². The van der Waals surface area contributed by atoms with Crippen LogP contribution in [0.4, 0.5) is 11.6 Å². The molecule has 0 aromatic carbocycles. The van der Waals surface area contributed by atoms with Crippen LogP contribution in [-0.4, -0.2) is 36.0 Å². The zero-order valence-corrected chi connectivity index (χ0v) is 8.19. The van der Waals surface area contributed by atoms with Gasteiger partial charge < -0.3 is 15.1 Å². The average molecular weight is 191 g/mol. The van der Waals surface area contributed by atoms with Crippen LogP contribution in [-0.2, 0) is 7.05 Å². The highest BCUT2D eigenvalue weighted by Gasteiger charge is 2.15. The second-order valence-electron chi connectivity index (χ2n) is 3.33. The van der Waals surface area contributed by atoms with Gasteiger partial charge in [0.15, 0.2) is 5.82 Å². The zero-order valence-electron chi connectivity index (χ0n) is 8.19. The van der Waals surface area contributed by atoms with Gasteiger partial charge in [-0.2, -0.15) is 4.68 Å². The Morgan fingerprint density at radius 3 is 2.79 bits per heavy atom. The third kappa shape index (κ3) is 1.56. The summed E-state index contributed by atoms with van der Waals surface area (Å²) in [6.07, 6.45) is 0. The van der Waals surface area contributed by atoms with Crippen LogP contribution in [0, 0.1) is 6.57 Å². The molecule has 0 radical (unpaired) electrons. The number of aromatic nitrogens is 2. The van der Waals surface area contributed by atoms with Gasteiger partial charge in [0, 0.05) is 32.2 Å². The van der Waals surface area contributed by atoms with Crippen LogP contribution < -0.4 is 10.2 Å². The van der Waals surface area contributed by atoms with Gasteiger partial charge in [0.05, 0.1) is 7.05 Å². The average Bonchev–Trinajstić information content (AvgIpc) is 2.61. The minimum absolute atomic E-state index is 0.596. The molecule has 0 bridgehead atoms. The van der Waals surface area contributed by atoms with Crippen molar-refractivity contribution in [2.75, 3.05) is 31.1 Å². The second-order valence-corrected chi connectivity index (χ2v) is 3.33. The van der Waals surface area contributed by atoms with Crippen molar-refractivity contribution in [2.45, 2.75) is 0 Å². The van der Waals surface area contributed by atoms with E-state index in [0.717, 1.165) is 32.0 Å². The molecule has 1 aromatic heterocycles. The number of anilines is 1. The fraction of sp³-hybridized carbons (Fsp3) is 0.556. The van der Waals surface area contributed by atoms with E-state index in [0.29, 0.717) is 5.82 Å². The van der Waals surface area contributed by atoms with Crippen molar-refractivity contribution >= 4 is 11.6 Å². The summed E-state index contributed by atoms with van der Waals surface area (Å²) in [5.74, 6) is 1.51. The summed E-state index contributed by atoms with van der Waals surface area (Å²) in [5.41, 5.74) is 0. The van der Waals surface area contributed by atoms with Crippen molar-refractivity contribution in [1.29, 1.82) is 0 Å². The normalized spacial score (nSPS) is 16.7. The van der Waals surface area contributed by atoms with E-state index in [-0.39, 0.29) is 0 Å². The molecule has 1 aliphatic rings. The summed E-state index contributed by atoms with van der Waals surface area (Å²) in [5, 5.41) is 7.59. The Morgan fingerprint density at radius 1 is 1.50 bits per heavy atom. The minimum Gasteiger partial charge on any atom is -0.362 e. The fourth-order valence-corrected chi connectivity index (χ4v) is 1.60. The van der Waals surface area contributed by atoms with Crippen LogP contribution >= 0.6 is 0 Å². The smallest absolute Gasteiger partial charge is 0.254 e. The van der Waals surface area contributed by atoms with Crippen molar-refractivity contribution in [3.63, 3.8) is 0 Å². The molecule has 2 heterocycles. The molecule has 0 aliphatic carbocycles. The quantitative estimate of drug-likeness (QED) is 0.652. The lowest BCUT2D eigenvalue weighted by Gasteiger charge is -2.26. The van der Waals surface area contributed by atoms with E-state index < -0.39 is 0 Å². The third-order valence-electron chi connectivity index (χ3n) is 2.40. The maximum absolute atomic E-state index is 6.95. The monoisotopic (exact) mass is 191 g/mol. The molecule has 0 spiro atoms. The number of nitrogens with one attached hydrogen (secondary N) is 1. The van der Waals surface area contributed by atoms with Crippen LogP contribution in [0.25, 0.3) is 4.85 Å². The number of hydrogen-bond donors (Lipinski definition) is 1. The Labute approximate surface area is 83.1 Å². The van der Waals surface area contributed by atoms with E-state index in [9.17, 15) is 0 Å². The predicted octanol–water partition coefficient (Wildman–Crippen LogP) is 0.380. The van der Waals surface area contributed by atoms with Crippen molar-refractivity contribution in [2.24, 2.45) is 7.05 Å². The van der Waals surface area contributed by atoms with E-state index in [2.05, 4.69) is 20.2 Å². The lowest BCUT2D eigenvalue weighted by molar-refractivity contribution is 0.581. The van der Waals surface area contributed by atoms with Crippen LogP contribution in [0.5, 0.6) is 0 Å². The van der Waals surface area contributed by atoms with Gasteiger partial charge in [0.2, 0.25) is 0 Å². The molecule has 2 rings (SSSR count). The number of hydrogen-bond acceptors (Lipinski definition) is 3. The van der Waals surface area contributed by atoms with E-state index in [1.165, 1.54) is 0 Å². The zero-order chi connectivity index (χ0) is 9.97. The molecule has 1 saturated heterocycles. The highest BCUT2D eigenvalue weighted by atomic mass is 15.4. The number of rotatable bonds is 1. The van der Waals surface area contributed by atoms with Gasteiger partial charge in [-0.25, -0.2) is 0 Å². The number of aryl methyl sites for hydroxylation is 1. The number of piperazine rings is 1. The predicted molar refractivity (Wildman–Crippen MR) is 54.6 cm³/mol. The van der Waals surface area contributed by atoms with Gasteiger partial charge in [0.1, 0.15) is 0 Å². The van der Waals surface area contributed by atoms with E-state index in [1.54, 1.807) is 11.7 Å². The minimum atomic E-state index is 0.596. The summed E-state index contributed by atoms with van der Waals surface area (Å²) in [6, 6.07) is 1.85. The first-order valence-electron chi connectivity index (χ1n) is 4.68. The molecular formula is C9H13N5. The molecule has 5 heteroatoms. The van der Waals surface area contributed by atoms with Gasteiger partial charge in [-0.15, -0.1) is 0 Å². The summed E-state index contributed by atoms with van der Waals surface area (Å²) in [7, 11) is 1.80. The summed E-state index contributed by atoms with van der Waals surface area (Å²) >= 11 is 0. The molecule has 0 unspecified atom stereocenters. The Kier molecular flexibility index (Phi) is 2.37. The molecule has 14 heavy (non-hydrogen) atoms. The first-order chi connectivity index (χ1) is 6.81. The molecule has 0 amide bonds. The second kappa shape index (κ2) is 3.68. The Balaban J connectivity index is 2.19. The maximum Gasteiger partial charge on any atom is 0.254 e. The van der Waals surface area contributed by atoms with Crippen molar-refractivity contribution < 1.29 is 0 Å². The molecule has 1 aromatic rings. The van der Waals surface area contributed by atoms with Crippen molar-refractivity contribution in [3.05, 3.63) is 17.5 Å². The Morgan fingerprint density at radius 2 is 2.21 bits per heavy atom. The molecule has 1 fully saturated rings.